The van der Waals surface area contributed by atoms with Gasteiger partial charge in [-0.3, -0.25) is 4.79 Å². The van der Waals surface area contributed by atoms with Gasteiger partial charge in [-0.2, -0.15) is 0 Å². The Bertz CT molecular complexity index is 826. The largest absolute Gasteiger partial charge is 0.305 e. The van der Waals surface area contributed by atoms with E-state index in [0.29, 0.717) is 27.4 Å². The normalized spacial score (nSPS) is 10.8. The maximum atomic E-state index is 12.0. The Kier molecular flexibility index (Phi) is 2.80. The SMILES string of the molecule is Cc1cccc(-c2nc3ccc(Cl)cc3c(=O)[nH]2)n1. The lowest BCUT2D eigenvalue weighted by atomic mass is 10.2. The zero-order valence-electron chi connectivity index (χ0n) is 10.1. The van der Waals surface area contributed by atoms with E-state index in [-0.39, 0.29) is 5.56 Å². The van der Waals surface area contributed by atoms with E-state index in [1.165, 1.54) is 0 Å². The van der Waals surface area contributed by atoms with Crippen molar-refractivity contribution in [3.8, 4) is 11.5 Å². The van der Waals surface area contributed by atoms with E-state index in [9.17, 15) is 4.79 Å². The van der Waals surface area contributed by atoms with E-state index >= 15 is 0 Å². The second-order valence-electron chi connectivity index (χ2n) is 4.24. The summed E-state index contributed by atoms with van der Waals surface area (Å²) in [5.74, 6) is 0.462. The van der Waals surface area contributed by atoms with Crippen LogP contribution in [0.1, 0.15) is 5.69 Å². The summed E-state index contributed by atoms with van der Waals surface area (Å²) in [5, 5.41) is 0.991. The fraction of sp³-hybridized carbons (Fsp3) is 0.0714. The number of benzene rings is 1. The van der Waals surface area contributed by atoms with Gasteiger partial charge in [0.15, 0.2) is 5.82 Å². The first-order valence-electron chi connectivity index (χ1n) is 5.77. The van der Waals surface area contributed by atoms with Crippen LogP contribution in [0.2, 0.25) is 5.02 Å². The van der Waals surface area contributed by atoms with E-state index in [1.54, 1.807) is 18.2 Å². The van der Waals surface area contributed by atoms with Gasteiger partial charge in [0.25, 0.3) is 5.56 Å². The maximum absolute atomic E-state index is 12.0. The second-order valence-corrected chi connectivity index (χ2v) is 4.68. The number of hydrogen-bond acceptors (Lipinski definition) is 3. The van der Waals surface area contributed by atoms with Gasteiger partial charge < -0.3 is 4.98 Å². The zero-order valence-corrected chi connectivity index (χ0v) is 10.9. The molecular formula is C14H10ClN3O. The Labute approximate surface area is 114 Å². The molecule has 0 saturated heterocycles. The van der Waals surface area contributed by atoms with Gasteiger partial charge in [-0.1, -0.05) is 17.7 Å². The molecule has 3 rings (SSSR count). The van der Waals surface area contributed by atoms with Crippen LogP contribution >= 0.6 is 11.6 Å². The number of hydrogen-bond donors (Lipinski definition) is 1. The average molecular weight is 272 g/mol. The number of nitrogens with one attached hydrogen (secondary N) is 1. The Morgan fingerprint density at radius 1 is 1.16 bits per heavy atom. The van der Waals surface area contributed by atoms with Crippen molar-refractivity contribution in [2.45, 2.75) is 6.92 Å². The highest BCUT2D eigenvalue weighted by molar-refractivity contribution is 6.31. The Morgan fingerprint density at radius 2 is 2.00 bits per heavy atom. The molecule has 0 radical (unpaired) electrons. The topological polar surface area (TPSA) is 58.6 Å². The van der Waals surface area contributed by atoms with Gasteiger partial charge >= 0.3 is 0 Å². The highest BCUT2D eigenvalue weighted by atomic mass is 35.5. The maximum Gasteiger partial charge on any atom is 0.259 e. The molecule has 0 fully saturated rings. The van der Waals surface area contributed by atoms with Crippen LogP contribution in [-0.2, 0) is 0 Å². The summed E-state index contributed by atoms with van der Waals surface area (Å²) in [6.07, 6.45) is 0. The molecule has 94 valence electrons. The Morgan fingerprint density at radius 3 is 2.79 bits per heavy atom. The fourth-order valence-corrected chi connectivity index (χ4v) is 2.08. The molecule has 0 amide bonds. The molecule has 19 heavy (non-hydrogen) atoms. The molecule has 0 bridgehead atoms. The molecule has 0 aliphatic rings. The van der Waals surface area contributed by atoms with Crippen molar-refractivity contribution in [2.75, 3.05) is 0 Å². The Hall–Kier alpha value is -2.20. The van der Waals surface area contributed by atoms with Crippen molar-refractivity contribution in [1.29, 1.82) is 0 Å². The number of aromatic amines is 1. The minimum Gasteiger partial charge on any atom is -0.305 e. The number of halogens is 1. The van der Waals surface area contributed by atoms with Gasteiger partial charge in [0.2, 0.25) is 0 Å². The molecule has 2 aromatic heterocycles. The molecule has 0 atom stereocenters. The lowest BCUT2D eigenvalue weighted by molar-refractivity contribution is 1.12. The number of fused-ring (bicyclic) bond motifs is 1. The number of pyridine rings is 1. The van der Waals surface area contributed by atoms with Crippen LogP contribution in [0.5, 0.6) is 0 Å². The van der Waals surface area contributed by atoms with Crippen LogP contribution < -0.4 is 5.56 Å². The van der Waals surface area contributed by atoms with E-state index in [1.807, 2.05) is 25.1 Å². The highest BCUT2D eigenvalue weighted by Gasteiger charge is 2.07. The number of aryl methyl sites for hydroxylation is 1. The van der Waals surface area contributed by atoms with Gasteiger partial charge in [0.05, 0.1) is 10.9 Å². The van der Waals surface area contributed by atoms with Gasteiger partial charge in [0, 0.05) is 10.7 Å². The predicted molar refractivity (Wildman–Crippen MR) is 75.3 cm³/mol. The molecule has 0 spiro atoms. The molecule has 4 nitrogen and oxygen atoms in total. The van der Waals surface area contributed by atoms with Gasteiger partial charge in [-0.25, -0.2) is 9.97 Å². The third-order valence-corrected chi connectivity index (χ3v) is 3.03. The first kappa shape index (κ1) is 11.9. The van der Waals surface area contributed by atoms with Gasteiger partial charge in [0.1, 0.15) is 5.69 Å². The van der Waals surface area contributed by atoms with Crippen LogP contribution in [0.25, 0.3) is 22.4 Å². The van der Waals surface area contributed by atoms with E-state index in [4.69, 9.17) is 11.6 Å². The average Bonchev–Trinajstić information content (AvgIpc) is 2.39. The van der Waals surface area contributed by atoms with Crippen LogP contribution in [0.3, 0.4) is 0 Å². The van der Waals surface area contributed by atoms with E-state index in [0.717, 1.165) is 5.69 Å². The minimum atomic E-state index is -0.217. The van der Waals surface area contributed by atoms with Crippen LogP contribution in [0.15, 0.2) is 41.2 Å². The number of nitrogens with zero attached hydrogens (tertiary/aromatic N) is 2. The zero-order chi connectivity index (χ0) is 13.4. The summed E-state index contributed by atoms with van der Waals surface area (Å²) >= 11 is 5.88. The smallest absolute Gasteiger partial charge is 0.259 e. The summed E-state index contributed by atoms with van der Waals surface area (Å²) in [7, 11) is 0. The molecule has 0 unspecified atom stereocenters. The molecule has 0 aliphatic heterocycles. The van der Waals surface area contributed by atoms with Crippen molar-refractivity contribution in [3.63, 3.8) is 0 Å². The summed E-state index contributed by atoms with van der Waals surface area (Å²) in [6, 6.07) is 10.6. The number of H-pyrrole nitrogens is 1. The van der Waals surface area contributed by atoms with Crippen LogP contribution in [0.4, 0.5) is 0 Å². The first-order chi connectivity index (χ1) is 9.13. The van der Waals surface area contributed by atoms with Crippen LogP contribution in [0, 0.1) is 6.92 Å². The van der Waals surface area contributed by atoms with Gasteiger partial charge in [-0.05, 0) is 37.3 Å². The third kappa shape index (κ3) is 2.22. The van der Waals surface area contributed by atoms with Crippen molar-refractivity contribution in [1.82, 2.24) is 15.0 Å². The quantitative estimate of drug-likeness (QED) is 0.740. The predicted octanol–water partition coefficient (Wildman–Crippen LogP) is 2.95. The summed E-state index contributed by atoms with van der Waals surface area (Å²) < 4.78 is 0. The van der Waals surface area contributed by atoms with E-state index in [2.05, 4.69) is 15.0 Å². The first-order valence-corrected chi connectivity index (χ1v) is 6.15. The molecule has 3 aromatic rings. The second kappa shape index (κ2) is 4.48. The lowest BCUT2D eigenvalue weighted by Gasteiger charge is -2.03. The molecule has 1 aromatic carbocycles. The minimum absolute atomic E-state index is 0.217. The van der Waals surface area contributed by atoms with Crippen molar-refractivity contribution < 1.29 is 0 Å². The monoisotopic (exact) mass is 271 g/mol. The number of aromatic nitrogens is 3. The van der Waals surface area contributed by atoms with Crippen molar-refractivity contribution in [2.24, 2.45) is 0 Å². The molecule has 2 heterocycles. The van der Waals surface area contributed by atoms with Crippen molar-refractivity contribution >= 4 is 22.5 Å². The summed E-state index contributed by atoms with van der Waals surface area (Å²) in [5.41, 5.74) is 1.91. The fourth-order valence-electron chi connectivity index (χ4n) is 1.91. The Balaban J connectivity index is 2.27. The molecule has 5 heteroatoms. The number of rotatable bonds is 1. The summed E-state index contributed by atoms with van der Waals surface area (Å²) in [6.45, 7) is 1.89. The highest BCUT2D eigenvalue weighted by Crippen LogP contribution is 2.17. The molecule has 0 aliphatic carbocycles. The van der Waals surface area contributed by atoms with Crippen LogP contribution in [-0.4, -0.2) is 15.0 Å². The third-order valence-electron chi connectivity index (χ3n) is 2.80. The van der Waals surface area contributed by atoms with E-state index < -0.39 is 0 Å². The van der Waals surface area contributed by atoms with Gasteiger partial charge in [-0.15, -0.1) is 0 Å². The molecule has 1 N–H and O–H groups in total. The summed E-state index contributed by atoms with van der Waals surface area (Å²) in [4.78, 5) is 23.5. The standard InChI is InChI=1S/C14H10ClN3O/c1-8-3-2-4-12(16-8)13-17-11-6-5-9(15)7-10(11)14(19)18-13/h2-7H,1H3,(H,17,18,19). The molecular weight excluding hydrogens is 262 g/mol. The lowest BCUT2D eigenvalue weighted by Crippen LogP contribution is -2.10. The van der Waals surface area contributed by atoms with Crippen molar-refractivity contribution in [3.05, 3.63) is 57.5 Å². The molecule has 0 saturated carbocycles.